The van der Waals surface area contributed by atoms with Gasteiger partial charge in [0.05, 0.1) is 66.2 Å². The van der Waals surface area contributed by atoms with Gasteiger partial charge in [-0.1, -0.05) is 43.4 Å². The maximum atomic E-state index is 13.4. The average Bonchev–Trinajstić information content (AvgIpc) is 3.88. The summed E-state index contributed by atoms with van der Waals surface area (Å²) in [6.07, 6.45) is 9.62. The lowest BCUT2D eigenvalue weighted by Gasteiger charge is -2.30. The molecule has 8 heterocycles. The van der Waals surface area contributed by atoms with Gasteiger partial charge >= 0.3 is 0 Å². The third-order valence-corrected chi connectivity index (χ3v) is 10.9. The summed E-state index contributed by atoms with van der Waals surface area (Å²) in [5.41, 5.74) is 0. The lowest BCUT2D eigenvalue weighted by atomic mass is 9.83. The molecular weight excluding hydrogens is 572 g/mol. The fourth-order valence-corrected chi connectivity index (χ4v) is 8.51. The van der Waals surface area contributed by atoms with E-state index < -0.39 is 29.6 Å². The van der Waals surface area contributed by atoms with Gasteiger partial charge in [0, 0.05) is 45.2 Å². The summed E-state index contributed by atoms with van der Waals surface area (Å²) in [4.78, 5) is 83.9. The fourth-order valence-electron chi connectivity index (χ4n) is 8.51. The number of fused-ring (bicyclic) bond motifs is 12. The van der Waals surface area contributed by atoms with Gasteiger partial charge in [0.2, 0.25) is 35.9 Å². The number of rotatable bonds is 11. The molecule has 0 aromatic heterocycles. The molecule has 8 aliphatic heterocycles. The zero-order valence-corrected chi connectivity index (χ0v) is 24.2. The number of amides is 6. The van der Waals surface area contributed by atoms with Crippen LogP contribution in [0.5, 0.6) is 0 Å². The highest BCUT2D eigenvalue weighted by Crippen LogP contribution is 2.46. The SMILES string of the molecule is CC1C2C=CC(O2)C1C(=O)N(C=O)CCN(CCN1C(=O)C2C3C=CC(O3)C2C1=O)CCN1C(=O)C2C3C=CC(O3)C2C1=O. The zero-order chi connectivity index (χ0) is 30.4. The number of ether oxygens (including phenoxy) is 3. The minimum Gasteiger partial charge on any atom is -0.366 e. The van der Waals surface area contributed by atoms with Gasteiger partial charge in [-0.25, -0.2) is 0 Å². The van der Waals surface area contributed by atoms with Gasteiger partial charge in [-0.15, -0.1) is 0 Å². The lowest BCUT2D eigenvalue weighted by Crippen LogP contribution is -2.48. The smallest absolute Gasteiger partial charge is 0.236 e. The van der Waals surface area contributed by atoms with Crippen molar-refractivity contribution in [3.05, 3.63) is 36.5 Å². The Morgan fingerprint density at radius 1 is 0.659 bits per heavy atom. The number of hydrogen-bond donors (Lipinski definition) is 0. The second kappa shape index (κ2) is 10.3. The number of imide groups is 3. The van der Waals surface area contributed by atoms with Crippen molar-refractivity contribution in [3.63, 3.8) is 0 Å². The summed E-state index contributed by atoms with van der Waals surface area (Å²) < 4.78 is 17.3. The molecule has 0 saturated carbocycles. The predicted molar refractivity (Wildman–Crippen MR) is 148 cm³/mol. The summed E-state index contributed by atoms with van der Waals surface area (Å²) in [7, 11) is 0. The van der Waals surface area contributed by atoms with E-state index in [9.17, 15) is 28.8 Å². The van der Waals surface area contributed by atoms with Crippen molar-refractivity contribution >= 4 is 35.9 Å². The normalized spacial score (nSPS) is 41.8. The second-order valence-corrected chi connectivity index (χ2v) is 13.0. The van der Waals surface area contributed by atoms with Crippen LogP contribution in [0.3, 0.4) is 0 Å². The number of hydrogen-bond acceptors (Lipinski definition) is 10. The Morgan fingerprint density at radius 2 is 1.07 bits per heavy atom. The number of nitrogens with zero attached hydrogens (tertiary/aromatic N) is 4. The Morgan fingerprint density at radius 3 is 1.48 bits per heavy atom. The van der Waals surface area contributed by atoms with E-state index in [1.165, 1.54) is 9.80 Å². The molecule has 6 bridgehead atoms. The quantitative estimate of drug-likeness (QED) is 0.159. The molecule has 8 rings (SSSR count). The minimum atomic E-state index is -0.514. The maximum Gasteiger partial charge on any atom is 0.236 e. The van der Waals surface area contributed by atoms with Gasteiger partial charge in [0.1, 0.15) is 0 Å². The molecule has 13 nitrogen and oxygen atoms in total. The van der Waals surface area contributed by atoms with Crippen molar-refractivity contribution < 1.29 is 43.0 Å². The van der Waals surface area contributed by atoms with Crippen LogP contribution < -0.4 is 0 Å². The van der Waals surface area contributed by atoms with Crippen LogP contribution in [0.15, 0.2) is 36.5 Å². The number of carbonyl (C=O) groups is 6. The Bertz CT molecular complexity index is 1290. The van der Waals surface area contributed by atoms with Crippen molar-refractivity contribution in [2.75, 3.05) is 39.3 Å². The van der Waals surface area contributed by atoms with Gasteiger partial charge in [-0.3, -0.25) is 48.4 Å². The van der Waals surface area contributed by atoms with Crippen LogP contribution in [0.4, 0.5) is 0 Å². The molecule has 0 aromatic rings. The van der Waals surface area contributed by atoms with Crippen LogP contribution in [0.2, 0.25) is 0 Å². The van der Waals surface area contributed by atoms with Gasteiger partial charge < -0.3 is 14.2 Å². The topological polar surface area (TPSA) is 143 Å². The monoisotopic (exact) mass is 606 g/mol. The van der Waals surface area contributed by atoms with Crippen LogP contribution in [0.25, 0.3) is 0 Å². The Labute approximate surface area is 253 Å². The van der Waals surface area contributed by atoms with Crippen LogP contribution in [-0.2, 0) is 43.0 Å². The molecule has 12 unspecified atom stereocenters. The maximum absolute atomic E-state index is 13.4. The van der Waals surface area contributed by atoms with Crippen molar-refractivity contribution in [1.29, 1.82) is 0 Å². The first kappa shape index (κ1) is 28.0. The lowest BCUT2D eigenvalue weighted by molar-refractivity contribution is -0.143. The molecule has 0 aliphatic carbocycles. The van der Waals surface area contributed by atoms with E-state index in [4.69, 9.17) is 14.2 Å². The molecule has 0 N–H and O–H groups in total. The Hall–Kier alpha value is -3.52. The van der Waals surface area contributed by atoms with Gasteiger partial charge in [0.25, 0.3) is 0 Å². The predicted octanol–water partition coefficient (Wildman–Crippen LogP) is -1.26. The first-order valence-corrected chi connectivity index (χ1v) is 15.5. The van der Waals surface area contributed by atoms with Crippen molar-refractivity contribution in [2.24, 2.45) is 35.5 Å². The summed E-state index contributed by atoms with van der Waals surface area (Å²) in [5.74, 6) is -3.94. The first-order chi connectivity index (χ1) is 21.3. The first-order valence-electron chi connectivity index (χ1n) is 15.5. The van der Waals surface area contributed by atoms with E-state index in [0.717, 1.165) is 4.90 Å². The second-order valence-electron chi connectivity index (χ2n) is 13.0. The Balaban J connectivity index is 0.949. The van der Waals surface area contributed by atoms with Crippen LogP contribution in [0, 0.1) is 35.5 Å². The molecule has 13 heteroatoms. The van der Waals surface area contributed by atoms with Crippen LogP contribution >= 0.6 is 0 Å². The van der Waals surface area contributed by atoms with Gasteiger partial charge in [-0.05, 0) is 0 Å². The van der Waals surface area contributed by atoms with E-state index in [2.05, 4.69) is 0 Å². The molecule has 6 amide bonds. The average molecular weight is 607 g/mol. The number of likely N-dealkylation sites (tertiary alicyclic amines) is 2. The van der Waals surface area contributed by atoms with E-state index in [1.807, 2.05) is 48.3 Å². The summed E-state index contributed by atoms with van der Waals surface area (Å²) in [6, 6.07) is 0. The van der Waals surface area contributed by atoms with E-state index in [-0.39, 0.29) is 111 Å². The van der Waals surface area contributed by atoms with Crippen molar-refractivity contribution in [3.8, 4) is 0 Å². The van der Waals surface area contributed by atoms with E-state index >= 15 is 0 Å². The molecule has 5 fully saturated rings. The van der Waals surface area contributed by atoms with Crippen molar-refractivity contribution in [2.45, 2.75) is 43.5 Å². The highest BCUT2D eigenvalue weighted by atomic mass is 16.5. The largest absolute Gasteiger partial charge is 0.366 e. The standard InChI is InChI=1S/C31H34N4O9/c1-15-16-2-3-17(42-16)22(15)27(37)33(14-36)11-8-32(9-12-34-28(38)23-18-4-5-19(43-18)24(23)29(34)39)10-13-35-30(40)25-20-6-7-21(44-20)26(25)31(35)41/h2-7,14-26H,8-13H2,1H3. The summed E-state index contributed by atoms with van der Waals surface area (Å²) >= 11 is 0. The minimum absolute atomic E-state index is 0.0585. The molecule has 12 atom stereocenters. The summed E-state index contributed by atoms with van der Waals surface area (Å²) in [6.45, 7) is 2.94. The Kier molecular flexibility index (Phi) is 6.53. The van der Waals surface area contributed by atoms with Gasteiger partial charge in [-0.2, -0.15) is 0 Å². The van der Waals surface area contributed by atoms with Gasteiger partial charge in [0.15, 0.2) is 0 Å². The molecule has 8 aliphatic rings. The molecule has 44 heavy (non-hydrogen) atoms. The van der Waals surface area contributed by atoms with E-state index in [1.54, 1.807) is 0 Å². The molecule has 0 aromatic carbocycles. The van der Waals surface area contributed by atoms with Crippen LogP contribution in [-0.4, -0.2) is 131 Å². The number of carbonyl (C=O) groups excluding carboxylic acids is 6. The highest BCUT2D eigenvalue weighted by Gasteiger charge is 2.61. The van der Waals surface area contributed by atoms with E-state index in [0.29, 0.717) is 6.41 Å². The van der Waals surface area contributed by atoms with Crippen molar-refractivity contribution in [1.82, 2.24) is 19.6 Å². The third kappa shape index (κ3) is 3.98. The molecule has 5 saturated heterocycles. The molecule has 0 spiro atoms. The highest BCUT2D eigenvalue weighted by molar-refractivity contribution is 6.07. The molecule has 232 valence electrons. The third-order valence-electron chi connectivity index (χ3n) is 10.9. The molecule has 0 radical (unpaired) electrons. The fraction of sp³-hybridized carbons (Fsp3) is 0.613. The van der Waals surface area contributed by atoms with Crippen LogP contribution in [0.1, 0.15) is 6.92 Å². The molecular formula is C31H34N4O9. The summed E-state index contributed by atoms with van der Waals surface area (Å²) in [5, 5.41) is 0. The zero-order valence-electron chi connectivity index (χ0n) is 24.2.